The molecule has 0 atom stereocenters. The highest BCUT2D eigenvalue weighted by molar-refractivity contribution is 7.89. The van der Waals surface area contributed by atoms with Gasteiger partial charge in [0, 0.05) is 18.7 Å². The predicted octanol–water partition coefficient (Wildman–Crippen LogP) is 0.315. The van der Waals surface area contributed by atoms with Crippen LogP contribution in [0.25, 0.3) is 0 Å². The number of aliphatic hydroxyl groups is 2. The molecule has 0 aromatic heterocycles. The van der Waals surface area contributed by atoms with Crippen LogP contribution in [0.1, 0.15) is 18.4 Å². The van der Waals surface area contributed by atoms with Crippen molar-refractivity contribution in [1.82, 2.24) is 4.31 Å². The fourth-order valence-corrected chi connectivity index (χ4v) is 3.78. The summed E-state index contributed by atoms with van der Waals surface area (Å²) in [5.41, 5.74) is 0.0233. The van der Waals surface area contributed by atoms with Crippen molar-refractivity contribution in [3.8, 4) is 11.8 Å². The van der Waals surface area contributed by atoms with Crippen LogP contribution < -0.4 is 0 Å². The maximum Gasteiger partial charge on any atom is 0.244 e. The van der Waals surface area contributed by atoms with Crippen LogP contribution in [-0.4, -0.2) is 48.7 Å². The van der Waals surface area contributed by atoms with Crippen LogP contribution in [0.15, 0.2) is 23.1 Å². The number of halogens is 1. The minimum atomic E-state index is -3.79. The summed E-state index contributed by atoms with van der Waals surface area (Å²) in [5, 5.41) is 18.2. The van der Waals surface area contributed by atoms with Gasteiger partial charge in [0.25, 0.3) is 0 Å². The Balaban J connectivity index is 2.40. The second-order valence-electron chi connectivity index (χ2n) is 4.74. The molecule has 1 heterocycles. The van der Waals surface area contributed by atoms with Crippen LogP contribution in [0.5, 0.6) is 0 Å². The van der Waals surface area contributed by atoms with Gasteiger partial charge >= 0.3 is 0 Å². The molecule has 0 amide bonds. The highest BCUT2D eigenvalue weighted by Crippen LogP contribution is 2.24. The predicted molar refractivity (Wildman–Crippen MR) is 74.4 cm³/mol. The Bertz CT molecular complexity index is 670. The van der Waals surface area contributed by atoms with Crippen LogP contribution >= 0.6 is 0 Å². The van der Waals surface area contributed by atoms with E-state index in [0.717, 1.165) is 12.1 Å². The van der Waals surface area contributed by atoms with Crippen molar-refractivity contribution in [3.63, 3.8) is 0 Å². The fourth-order valence-electron chi connectivity index (χ4n) is 2.18. The first-order chi connectivity index (χ1) is 9.95. The lowest BCUT2D eigenvalue weighted by molar-refractivity contribution is 0.113. The number of hydrogen-bond acceptors (Lipinski definition) is 4. The number of nitrogens with zero attached hydrogens (tertiary/aromatic N) is 1. The summed E-state index contributed by atoms with van der Waals surface area (Å²) in [6.45, 7) is -0.00655. The van der Waals surface area contributed by atoms with E-state index in [4.69, 9.17) is 5.11 Å². The maximum absolute atomic E-state index is 13.3. The van der Waals surface area contributed by atoms with Gasteiger partial charge in [0.1, 0.15) is 12.4 Å². The molecule has 7 heteroatoms. The SMILES string of the molecule is O=S(=O)(c1ccc(F)cc1C#CCO)N1CCC(O)CC1. The molecule has 114 valence electrons. The summed E-state index contributed by atoms with van der Waals surface area (Å²) in [7, 11) is -3.79. The summed E-state index contributed by atoms with van der Waals surface area (Å²) in [5.74, 6) is 4.20. The van der Waals surface area contributed by atoms with Crippen molar-refractivity contribution in [2.45, 2.75) is 23.8 Å². The van der Waals surface area contributed by atoms with Gasteiger partial charge in [-0.15, -0.1) is 0 Å². The highest BCUT2D eigenvalue weighted by atomic mass is 32.2. The Hall–Kier alpha value is -1.46. The smallest absolute Gasteiger partial charge is 0.244 e. The van der Waals surface area contributed by atoms with Gasteiger partial charge in [0.15, 0.2) is 0 Å². The molecule has 1 aliphatic rings. The number of aliphatic hydroxyl groups excluding tert-OH is 2. The van der Waals surface area contributed by atoms with E-state index in [2.05, 4.69) is 11.8 Å². The first kappa shape index (κ1) is 15.9. The van der Waals surface area contributed by atoms with Crippen LogP contribution in [0.4, 0.5) is 4.39 Å². The van der Waals surface area contributed by atoms with E-state index in [1.165, 1.54) is 10.4 Å². The third-order valence-electron chi connectivity index (χ3n) is 3.28. The molecule has 1 aromatic rings. The third-order valence-corrected chi connectivity index (χ3v) is 5.24. The van der Waals surface area contributed by atoms with Crippen molar-refractivity contribution < 1.29 is 23.0 Å². The molecule has 0 radical (unpaired) electrons. The van der Waals surface area contributed by atoms with E-state index in [1.807, 2.05) is 0 Å². The molecule has 0 saturated carbocycles. The minimum Gasteiger partial charge on any atom is -0.393 e. The molecule has 5 nitrogen and oxygen atoms in total. The summed E-state index contributed by atoms with van der Waals surface area (Å²) in [6.07, 6.45) is 0.259. The second kappa shape index (κ2) is 6.54. The lowest BCUT2D eigenvalue weighted by Gasteiger charge is -2.29. The van der Waals surface area contributed by atoms with Crippen molar-refractivity contribution >= 4 is 10.0 Å². The maximum atomic E-state index is 13.3. The number of rotatable bonds is 2. The first-order valence-corrected chi connectivity index (χ1v) is 7.96. The van der Waals surface area contributed by atoms with Crippen molar-refractivity contribution in [1.29, 1.82) is 0 Å². The van der Waals surface area contributed by atoms with Crippen molar-refractivity contribution in [2.75, 3.05) is 19.7 Å². The lowest BCUT2D eigenvalue weighted by atomic mass is 10.1. The van der Waals surface area contributed by atoms with Crippen molar-refractivity contribution in [3.05, 3.63) is 29.6 Å². The van der Waals surface area contributed by atoms with Crippen LogP contribution in [-0.2, 0) is 10.0 Å². The van der Waals surface area contributed by atoms with E-state index in [1.54, 1.807) is 0 Å². The molecule has 0 spiro atoms. The number of piperidine rings is 1. The third kappa shape index (κ3) is 3.60. The Labute approximate surface area is 123 Å². The van der Waals surface area contributed by atoms with Gasteiger partial charge in [-0.2, -0.15) is 4.31 Å². The zero-order valence-electron chi connectivity index (χ0n) is 11.3. The molecular formula is C14H16FNO4S. The molecule has 21 heavy (non-hydrogen) atoms. The molecule has 2 rings (SSSR count). The molecule has 0 aliphatic carbocycles. The topological polar surface area (TPSA) is 77.8 Å². The zero-order chi connectivity index (χ0) is 15.5. The lowest BCUT2D eigenvalue weighted by Crippen LogP contribution is -2.40. The fraction of sp³-hybridized carbons (Fsp3) is 0.429. The Morgan fingerprint density at radius 1 is 1.33 bits per heavy atom. The molecule has 1 fully saturated rings. The quantitative estimate of drug-likeness (QED) is 0.771. The van der Waals surface area contributed by atoms with E-state index < -0.39 is 28.6 Å². The highest BCUT2D eigenvalue weighted by Gasteiger charge is 2.30. The van der Waals surface area contributed by atoms with Crippen molar-refractivity contribution in [2.24, 2.45) is 0 Å². The normalized spacial score (nSPS) is 17.3. The van der Waals surface area contributed by atoms with Gasteiger partial charge in [0.2, 0.25) is 10.0 Å². The number of hydrogen-bond donors (Lipinski definition) is 2. The van der Waals surface area contributed by atoms with E-state index >= 15 is 0 Å². The molecular weight excluding hydrogens is 297 g/mol. The molecule has 1 aromatic carbocycles. The Kier molecular flexibility index (Phi) is 4.96. The van der Waals surface area contributed by atoms with Gasteiger partial charge in [-0.3, -0.25) is 0 Å². The molecule has 1 saturated heterocycles. The van der Waals surface area contributed by atoms with Crippen LogP contribution in [0.3, 0.4) is 0 Å². The molecule has 2 N–H and O–H groups in total. The van der Waals surface area contributed by atoms with E-state index in [9.17, 15) is 17.9 Å². The van der Waals surface area contributed by atoms with Gasteiger partial charge in [-0.25, -0.2) is 12.8 Å². The largest absolute Gasteiger partial charge is 0.393 e. The average molecular weight is 313 g/mol. The average Bonchev–Trinajstić information content (AvgIpc) is 2.45. The summed E-state index contributed by atoms with van der Waals surface area (Å²) in [4.78, 5) is -0.0822. The standard InChI is InChI=1S/C14H16FNO4S/c15-12-3-4-14(11(10-12)2-1-9-17)21(19,20)16-7-5-13(18)6-8-16/h3-4,10,13,17-18H,5-9H2. The molecule has 1 aliphatic heterocycles. The van der Waals surface area contributed by atoms with Crippen LogP contribution in [0.2, 0.25) is 0 Å². The minimum absolute atomic E-state index is 0.0233. The molecule has 0 bridgehead atoms. The van der Waals surface area contributed by atoms with Gasteiger partial charge in [-0.1, -0.05) is 11.8 Å². The first-order valence-electron chi connectivity index (χ1n) is 6.52. The van der Waals surface area contributed by atoms with Gasteiger partial charge in [0.05, 0.1) is 11.0 Å². The van der Waals surface area contributed by atoms with E-state index in [-0.39, 0.29) is 23.5 Å². The molecule has 0 unspecified atom stereocenters. The Morgan fingerprint density at radius 2 is 2.00 bits per heavy atom. The number of sulfonamides is 1. The second-order valence-corrected chi connectivity index (χ2v) is 6.64. The van der Waals surface area contributed by atoms with Gasteiger partial charge < -0.3 is 10.2 Å². The van der Waals surface area contributed by atoms with E-state index in [0.29, 0.717) is 12.8 Å². The Morgan fingerprint density at radius 3 is 2.62 bits per heavy atom. The zero-order valence-corrected chi connectivity index (χ0v) is 12.1. The summed E-state index contributed by atoms with van der Waals surface area (Å²) >= 11 is 0. The monoisotopic (exact) mass is 313 g/mol. The number of benzene rings is 1. The summed E-state index contributed by atoms with van der Waals surface area (Å²) in [6, 6.07) is 3.28. The van der Waals surface area contributed by atoms with Crippen LogP contribution in [0, 0.1) is 17.7 Å². The van der Waals surface area contributed by atoms with Gasteiger partial charge in [-0.05, 0) is 31.0 Å². The summed E-state index contributed by atoms with van der Waals surface area (Å²) < 4.78 is 39.7.